The Hall–Kier alpha value is -1.33. The van der Waals surface area contributed by atoms with Crippen LogP contribution in [0.2, 0.25) is 0 Å². The van der Waals surface area contributed by atoms with Crippen molar-refractivity contribution >= 4 is 11.4 Å². The normalized spacial score (nSPS) is 16.7. The molecule has 0 spiro atoms. The molecular weight excluding hydrogens is 233 g/mol. The summed E-state index contributed by atoms with van der Waals surface area (Å²) < 4.78 is 18.5. The van der Waals surface area contributed by atoms with Gasteiger partial charge in [-0.25, -0.2) is 4.39 Å². The summed E-state index contributed by atoms with van der Waals surface area (Å²) in [6.07, 6.45) is 1.01. The van der Waals surface area contributed by atoms with Gasteiger partial charge in [0.25, 0.3) is 0 Å². The third kappa shape index (κ3) is 3.58. The summed E-state index contributed by atoms with van der Waals surface area (Å²) in [5, 5.41) is 3.17. The first-order valence-corrected chi connectivity index (χ1v) is 6.35. The number of para-hydroxylation sites is 1. The van der Waals surface area contributed by atoms with Gasteiger partial charge in [0.1, 0.15) is 5.82 Å². The largest absolute Gasteiger partial charge is 0.395 e. The molecule has 1 heterocycles. The number of halogens is 1. The molecule has 3 N–H and O–H groups in total. The molecule has 1 saturated heterocycles. The highest BCUT2D eigenvalue weighted by molar-refractivity contribution is 5.66. The minimum absolute atomic E-state index is 0.198. The maximum Gasteiger partial charge on any atom is 0.148 e. The van der Waals surface area contributed by atoms with Gasteiger partial charge in [0.2, 0.25) is 0 Å². The molecule has 1 aliphatic rings. The maximum absolute atomic E-state index is 13.2. The van der Waals surface area contributed by atoms with E-state index in [0.717, 1.165) is 45.8 Å². The molecule has 1 fully saturated rings. The van der Waals surface area contributed by atoms with Gasteiger partial charge in [0, 0.05) is 19.6 Å². The van der Waals surface area contributed by atoms with Gasteiger partial charge in [-0.2, -0.15) is 0 Å². The van der Waals surface area contributed by atoms with Gasteiger partial charge < -0.3 is 15.8 Å². The van der Waals surface area contributed by atoms with E-state index in [1.807, 2.05) is 0 Å². The molecule has 1 aromatic rings. The van der Waals surface area contributed by atoms with Gasteiger partial charge in [-0.15, -0.1) is 0 Å². The lowest BCUT2D eigenvalue weighted by molar-refractivity contribution is 0.0378. The van der Waals surface area contributed by atoms with Crippen LogP contribution in [0.1, 0.15) is 6.42 Å². The average molecular weight is 253 g/mol. The van der Waals surface area contributed by atoms with E-state index in [1.165, 1.54) is 6.07 Å². The number of nitrogens with zero attached hydrogens (tertiary/aromatic N) is 1. The fraction of sp³-hybridized carbons (Fsp3) is 0.538. The van der Waals surface area contributed by atoms with Crippen LogP contribution in [0.25, 0.3) is 0 Å². The third-order valence-electron chi connectivity index (χ3n) is 3.12. The van der Waals surface area contributed by atoms with Crippen LogP contribution in [0.3, 0.4) is 0 Å². The Balaban J connectivity index is 1.70. The van der Waals surface area contributed by atoms with Crippen molar-refractivity contribution in [3.8, 4) is 0 Å². The second-order valence-electron chi connectivity index (χ2n) is 4.44. The molecule has 0 aliphatic carbocycles. The van der Waals surface area contributed by atoms with Crippen molar-refractivity contribution in [1.29, 1.82) is 0 Å². The van der Waals surface area contributed by atoms with Crippen LogP contribution in [-0.4, -0.2) is 44.3 Å². The summed E-state index contributed by atoms with van der Waals surface area (Å²) in [7, 11) is 0. The lowest BCUT2D eigenvalue weighted by Gasteiger charge is -2.26. The highest BCUT2D eigenvalue weighted by Gasteiger charge is 2.09. The minimum Gasteiger partial charge on any atom is -0.395 e. The van der Waals surface area contributed by atoms with E-state index in [4.69, 9.17) is 10.5 Å². The fourth-order valence-corrected chi connectivity index (χ4v) is 2.04. The lowest BCUT2D eigenvalue weighted by atomic mass is 10.2. The molecule has 0 amide bonds. The van der Waals surface area contributed by atoms with E-state index in [9.17, 15) is 4.39 Å². The molecule has 0 atom stereocenters. The van der Waals surface area contributed by atoms with E-state index in [-0.39, 0.29) is 11.5 Å². The first-order chi connectivity index (χ1) is 8.77. The zero-order valence-corrected chi connectivity index (χ0v) is 10.5. The average Bonchev–Trinajstić information content (AvgIpc) is 2.40. The van der Waals surface area contributed by atoms with Crippen LogP contribution in [0.5, 0.6) is 0 Å². The Bertz CT molecular complexity index is 380. The summed E-state index contributed by atoms with van der Waals surface area (Å²) >= 11 is 0. The Morgan fingerprint density at radius 2 is 2.11 bits per heavy atom. The summed E-state index contributed by atoms with van der Waals surface area (Å²) in [5.41, 5.74) is 6.52. The standard InChI is InChI=1S/C13H20FN3O/c14-11-3-1-4-12(13(11)15)16-5-2-6-17-7-9-18-10-8-17/h1,3-4,16H,2,5-10,15H2. The first kappa shape index (κ1) is 13.1. The zero-order chi connectivity index (χ0) is 12.8. The van der Waals surface area contributed by atoms with Crippen molar-refractivity contribution in [3.05, 3.63) is 24.0 Å². The number of rotatable bonds is 5. The number of nitrogens with one attached hydrogen (secondary N) is 1. The topological polar surface area (TPSA) is 50.5 Å². The number of hydrogen-bond donors (Lipinski definition) is 2. The monoisotopic (exact) mass is 253 g/mol. The van der Waals surface area contributed by atoms with Crippen molar-refractivity contribution in [3.63, 3.8) is 0 Å². The highest BCUT2D eigenvalue weighted by atomic mass is 19.1. The van der Waals surface area contributed by atoms with E-state index < -0.39 is 0 Å². The number of nitrogen functional groups attached to an aromatic ring is 1. The number of benzene rings is 1. The van der Waals surface area contributed by atoms with Crippen molar-refractivity contribution in [1.82, 2.24) is 4.90 Å². The number of anilines is 2. The van der Waals surface area contributed by atoms with E-state index in [0.29, 0.717) is 5.69 Å². The number of morpholine rings is 1. The molecule has 0 unspecified atom stereocenters. The van der Waals surface area contributed by atoms with Crippen molar-refractivity contribution in [2.24, 2.45) is 0 Å². The zero-order valence-electron chi connectivity index (χ0n) is 10.5. The van der Waals surface area contributed by atoms with E-state index >= 15 is 0 Å². The second kappa shape index (κ2) is 6.56. The molecule has 0 radical (unpaired) electrons. The Morgan fingerprint density at radius 3 is 2.89 bits per heavy atom. The third-order valence-corrected chi connectivity index (χ3v) is 3.12. The van der Waals surface area contributed by atoms with Crippen LogP contribution in [0.15, 0.2) is 18.2 Å². The minimum atomic E-state index is -0.367. The van der Waals surface area contributed by atoms with E-state index in [2.05, 4.69) is 10.2 Å². The van der Waals surface area contributed by atoms with Gasteiger partial charge in [-0.1, -0.05) is 6.07 Å². The quantitative estimate of drug-likeness (QED) is 0.617. The van der Waals surface area contributed by atoms with E-state index in [1.54, 1.807) is 12.1 Å². The molecule has 2 rings (SSSR count). The molecule has 0 saturated carbocycles. The van der Waals surface area contributed by atoms with Gasteiger partial charge in [0.05, 0.1) is 24.6 Å². The molecule has 0 aromatic heterocycles. The predicted octanol–water partition coefficient (Wildman–Crippen LogP) is 1.54. The highest BCUT2D eigenvalue weighted by Crippen LogP contribution is 2.20. The Morgan fingerprint density at radius 1 is 1.33 bits per heavy atom. The predicted molar refractivity (Wildman–Crippen MR) is 71.2 cm³/mol. The van der Waals surface area contributed by atoms with Crippen molar-refractivity contribution in [2.75, 3.05) is 50.4 Å². The van der Waals surface area contributed by atoms with Crippen LogP contribution in [0, 0.1) is 5.82 Å². The maximum atomic E-state index is 13.2. The van der Waals surface area contributed by atoms with Gasteiger partial charge >= 0.3 is 0 Å². The summed E-state index contributed by atoms with van der Waals surface area (Å²) in [5.74, 6) is -0.367. The molecule has 18 heavy (non-hydrogen) atoms. The first-order valence-electron chi connectivity index (χ1n) is 6.35. The number of hydrogen-bond acceptors (Lipinski definition) is 4. The molecule has 4 nitrogen and oxygen atoms in total. The van der Waals surface area contributed by atoms with Gasteiger partial charge in [0.15, 0.2) is 0 Å². The van der Waals surface area contributed by atoms with Crippen LogP contribution in [0.4, 0.5) is 15.8 Å². The smallest absolute Gasteiger partial charge is 0.148 e. The fourth-order valence-electron chi connectivity index (χ4n) is 2.04. The second-order valence-corrected chi connectivity index (χ2v) is 4.44. The number of ether oxygens (including phenoxy) is 1. The lowest BCUT2D eigenvalue weighted by Crippen LogP contribution is -2.37. The molecule has 100 valence electrons. The molecular formula is C13H20FN3O. The van der Waals surface area contributed by atoms with Crippen molar-refractivity contribution in [2.45, 2.75) is 6.42 Å². The molecule has 1 aromatic carbocycles. The molecule has 5 heteroatoms. The van der Waals surface area contributed by atoms with Gasteiger partial charge in [-0.3, -0.25) is 4.90 Å². The number of nitrogens with two attached hydrogens (primary N) is 1. The Labute approximate surface area is 107 Å². The van der Waals surface area contributed by atoms with Gasteiger partial charge in [-0.05, 0) is 25.1 Å². The van der Waals surface area contributed by atoms with Crippen LogP contribution in [-0.2, 0) is 4.74 Å². The van der Waals surface area contributed by atoms with Crippen molar-refractivity contribution < 1.29 is 9.13 Å². The SMILES string of the molecule is Nc1c(F)cccc1NCCCN1CCOCC1. The van der Waals surface area contributed by atoms with Crippen LogP contribution >= 0.6 is 0 Å². The Kier molecular flexibility index (Phi) is 4.78. The molecule has 1 aliphatic heterocycles. The van der Waals surface area contributed by atoms with Crippen LogP contribution < -0.4 is 11.1 Å². The molecule has 0 bridgehead atoms. The summed E-state index contributed by atoms with van der Waals surface area (Å²) in [6, 6.07) is 4.83. The summed E-state index contributed by atoms with van der Waals surface area (Å²) in [4.78, 5) is 2.38. The summed E-state index contributed by atoms with van der Waals surface area (Å²) in [6.45, 7) is 5.48.